The van der Waals surface area contributed by atoms with Gasteiger partial charge in [-0.25, -0.2) is 4.98 Å². The number of nitriles is 1. The van der Waals surface area contributed by atoms with Crippen molar-refractivity contribution in [2.45, 2.75) is 6.42 Å². The average molecular weight is 305 g/mol. The van der Waals surface area contributed by atoms with Gasteiger partial charge < -0.3 is 9.88 Å². The van der Waals surface area contributed by atoms with Gasteiger partial charge in [0.15, 0.2) is 0 Å². The van der Waals surface area contributed by atoms with Crippen LogP contribution in [-0.4, -0.2) is 24.1 Å². The van der Waals surface area contributed by atoms with Crippen LogP contribution in [0.25, 0.3) is 11.4 Å². The predicted octanol–water partition coefficient (Wildman–Crippen LogP) is 2.97. The molecule has 0 unspecified atom stereocenters. The lowest BCUT2D eigenvalue weighted by molar-refractivity contribution is 1.13. The minimum atomic E-state index is 0.323. The van der Waals surface area contributed by atoms with Crippen LogP contribution in [0, 0.1) is 11.3 Å². The highest BCUT2D eigenvalue weighted by Gasteiger charge is 2.09. The smallest absolute Gasteiger partial charge is 0.138 e. The van der Waals surface area contributed by atoms with E-state index in [-0.39, 0.29) is 0 Å². The molecule has 0 aliphatic carbocycles. The molecular formula is C13H13BrN4. The van der Waals surface area contributed by atoms with Crippen LogP contribution in [0.4, 0.5) is 5.69 Å². The first-order chi connectivity index (χ1) is 8.61. The number of H-pyrrole nitrogens is 1. The third kappa shape index (κ3) is 2.54. The summed E-state index contributed by atoms with van der Waals surface area (Å²) in [5.74, 6) is 0.775. The molecule has 0 radical (unpaired) electrons. The molecule has 4 nitrogen and oxygen atoms in total. The van der Waals surface area contributed by atoms with Gasteiger partial charge in [0.2, 0.25) is 0 Å². The lowest BCUT2D eigenvalue weighted by Crippen LogP contribution is -2.07. The van der Waals surface area contributed by atoms with E-state index in [4.69, 9.17) is 5.26 Å². The molecule has 0 aliphatic rings. The highest BCUT2D eigenvalue weighted by Crippen LogP contribution is 2.23. The van der Waals surface area contributed by atoms with Gasteiger partial charge in [-0.2, -0.15) is 5.26 Å². The molecule has 1 aromatic carbocycles. The molecule has 0 fully saturated rings. The number of rotatable bonds is 3. The quantitative estimate of drug-likeness (QED) is 0.948. The fourth-order valence-corrected chi connectivity index (χ4v) is 2.06. The van der Waals surface area contributed by atoms with Gasteiger partial charge in [-0.1, -0.05) is 0 Å². The van der Waals surface area contributed by atoms with E-state index in [1.807, 2.05) is 43.3 Å². The monoisotopic (exact) mass is 304 g/mol. The van der Waals surface area contributed by atoms with Crippen molar-refractivity contribution in [3.05, 3.63) is 34.6 Å². The molecule has 0 aliphatic heterocycles. The Kier molecular flexibility index (Phi) is 3.68. The van der Waals surface area contributed by atoms with Gasteiger partial charge in [0, 0.05) is 25.3 Å². The Bertz CT molecular complexity index is 578. The number of nitrogens with one attached hydrogen (secondary N) is 1. The second kappa shape index (κ2) is 5.23. The minimum absolute atomic E-state index is 0.323. The number of imidazole rings is 1. The molecule has 1 aromatic heterocycles. The fraction of sp³-hybridized carbons (Fsp3) is 0.231. The van der Waals surface area contributed by atoms with E-state index in [0.717, 1.165) is 22.8 Å². The van der Waals surface area contributed by atoms with Crippen molar-refractivity contribution in [1.82, 2.24) is 9.97 Å². The number of aromatic nitrogens is 2. The van der Waals surface area contributed by atoms with E-state index in [1.165, 1.54) is 0 Å². The number of aromatic amines is 1. The summed E-state index contributed by atoms with van der Waals surface area (Å²) in [5, 5.41) is 8.70. The molecule has 0 amide bonds. The van der Waals surface area contributed by atoms with Crippen molar-refractivity contribution in [3.63, 3.8) is 0 Å². The molecule has 2 aromatic rings. The summed E-state index contributed by atoms with van der Waals surface area (Å²) >= 11 is 3.35. The molecule has 1 heterocycles. The topological polar surface area (TPSA) is 55.7 Å². The third-order valence-corrected chi connectivity index (χ3v) is 3.30. The summed E-state index contributed by atoms with van der Waals surface area (Å²) in [6.07, 6.45) is 0.323. The molecule has 0 bridgehead atoms. The van der Waals surface area contributed by atoms with E-state index in [1.54, 1.807) is 0 Å². The zero-order valence-electron chi connectivity index (χ0n) is 10.2. The van der Waals surface area contributed by atoms with Gasteiger partial charge in [-0.05, 0) is 40.2 Å². The highest BCUT2D eigenvalue weighted by molar-refractivity contribution is 9.10. The summed E-state index contributed by atoms with van der Waals surface area (Å²) in [6, 6.07) is 10.2. The van der Waals surface area contributed by atoms with Crippen molar-refractivity contribution in [3.8, 4) is 17.5 Å². The SMILES string of the molecule is CN(C)c1ccc(-c2nc(Br)c(CC#N)[nH]2)cc1. The van der Waals surface area contributed by atoms with Crippen molar-refractivity contribution in [2.75, 3.05) is 19.0 Å². The standard InChI is InChI=1S/C13H13BrN4/c1-18(2)10-5-3-9(4-6-10)13-16-11(7-8-15)12(14)17-13/h3-6H,7H2,1-2H3,(H,16,17). The first kappa shape index (κ1) is 12.7. The largest absolute Gasteiger partial charge is 0.378 e. The number of hydrogen-bond donors (Lipinski definition) is 1. The zero-order valence-corrected chi connectivity index (χ0v) is 11.8. The lowest BCUT2D eigenvalue weighted by atomic mass is 10.2. The third-order valence-electron chi connectivity index (χ3n) is 2.64. The maximum absolute atomic E-state index is 8.70. The summed E-state index contributed by atoms with van der Waals surface area (Å²) in [5.41, 5.74) is 2.95. The Hall–Kier alpha value is -1.80. The van der Waals surface area contributed by atoms with Gasteiger partial charge >= 0.3 is 0 Å². The first-order valence-corrected chi connectivity index (χ1v) is 6.30. The van der Waals surface area contributed by atoms with E-state index >= 15 is 0 Å². The molecule has 0 saturated carbocycles. The van der Waals surface area contributed by atoms with Gasteiger partial charge in [0.05, 0.1) is 18.2 Å². The molecule has 18 heavy (non-hydrogen) atoms. The van der Waals surface area contributed by atoms with E-state index in [9.17, 15) is 0 Å². The molecular weight excluding hydrogens is 292 g/mol. The Balaban J connectivity index is 2.31. The Labute approximate surface area is 114 Å². The molecule has 0 atom stereocenters. The maximum Gasteiger partial charge on any atom is 0.138 e. The Morgan fingerprint density at radius 3 is 2.56 bits per heavy atom. The van der Waals surface area contributed by atoms with Crippen LogP contribution in [0.3, 0.4) is 0 Å². The van der Waals surface area contributed by atoms with Crippen LogP contribution in [0.15, 0.2) is 28.9 Å². The van der Waals surface area contributed by atoms with E-state index in [2.05, 4.69) is 32.0 Å². The number of nitrogens with zero attached hydrogens (tertiary/aromatic N) is 3. The number of benzene rings is 1. The predicted molar refractivity (Wildman–Crippen MR) is 75.4 cm³/mol. The van der Waals surface area contributed by atoms with Gasteiger partial charge in [0.1, 0.15) is 10.4 Å². The molecule has 1 N–H and O–H groups in total. The molecule has 2 rings (SSSR count). The number of halogens is 1. The van der Waals surface area contributed by atoms with Gasteiger partial charge in [-0.3, -0.25) is 0 Å². The normalized spacial score (nSPS) is 10.1. The van der Waals surface area contributed by atoms with E-state index < -0.39 is 0 Å². The molecule has 92 valence electrons. The van der Waals surface area contributed by atoms with Crippen molar-refractivity contribution in [2.24, 2.45) is 0 Å². The van der Waals surface area contributed by atoms with Crippen LogP contribution in [0.2, 0.25) is 0 Å². The minimum Gasteiger partial charge on any atom is -0.378 e. The maximum atomic E-state index is 8.70. The van der Waals surface area contributed by atoms with Crippen molar-refractivity contribution in [1.29, 1.82) is 5.26 Å². The molecule has 5 heteroatoms. The number of anilines is 1. The molecule has 0 spiro atoms. The second-order valence-corrected chi connectivity index (χ2v) is 4.88. The second-order valence-electron chi connectivity index (χ2n) is 4.13. The fourth-order valence-electron chi connectivity index (χ4n) is 1.64. The summed E-state index contributed by atoms with van der Waals surface area (Å²) < 4.78 is 0.704. The average Bonchev–Trinajstić information content (AvgIpc) is 2.72. The van der Waals surface area contributed by atoms with Crippen molar-refractivity contribution < 1.29 is 0 Å². The van der Waals surface area contributed by atoms with Gasteiger partial charge in [0.25, 0.3) is 0 Å². The summed E-state index contributed by atoms with van der Waals surface area (Å²) in [4.78, 5) is 9.57. The van der Waals surface area contributed by atoms with Crippen molar-refractivity contribution >= 4 is 21.6 Å². The zero-order chi connectivity index (χ0) is 13.1. The summed E-state index contributed by atoms with van der Waals surface area (Å²) in [6.45, 7) is 0. The Morgan fingerprint density at radius 2 is 2.00 bits per heavy atom. The van der Waals surface area contributed by atoms with Crippen LogP contribution >= 0.6 is 15.9 Å². The van der Waals surface area contributed by atoms with Crippen LogP contribution < -0.4 is 4.90 Å². The van der Waals surface area contributed by atoms with E-state index in [0.29, 0.717) is 11.0 Å². The number of hydrogen-bond acceptors (Lipinski definition) is 3. The van der Waals surface area contributed by atoms with Crippen LogP contribution in [-0.2, 0) is 6.42 Å². The first-order valence-electron chi connectivity index (χ1n) is 5.51. The molecule has 0 saturated heterocycles. The Morgan fingerprint density at radius 1 is 1.33 bits per heavy atom. The van der Waals surface area contributed by atoms with Crippen LogP contribution in [0.1, 0.15) is 5.69 Å². The van der Waals surface area contributed by atoms with Crippen LogP contribution in [0.5, 0.6) is 0 Å². The summed E-state index contributed by atoms with van der Waals surface area (Å²) in [7, 11) is 4.01. The van der Waals surface area contributed by atoms with Gasteiger partial charge in [-0.15, -0.1) is 0 Å². The lowest BCUT2D eigenvalue weighted by Gasteiger charge is -2.12. The highest BCUT2D eigenvalue weighted by atomic mass is 79.9.